The molecule has 1 amide bonds. The fourth-order valence-electron chi connectivity index (χ4n) is 4.14. The van der Waals surface area contributed by atoms with Gasteiger partial charge in [0.1, 0.15) is 6.04 Å². The molecule has 0 heterocycles. The number of carbonyl (C=O) groups is 1. The number of hydrogen-bond acceptors (Lipinski definition) is 5. The number of halogens is 3. The van der Waals surface area contributed by atoms with E-state index >= 15 is 0 Å². The molecular weight excluding hydrogens is 497 g/mol. The minimum atomic E-state index is -4.39. The first-order valence-corrected chi connectivity index (χ1v) is 12.2. The Labute approximate surface area is 221 Å². The van der Waals surface area contributed by atoms with E-state index < -0.39 is 17.8 Å². The normalized spacial score (nSPS) is 13.0. The summed E-state index contributed by atoms with van der Waals surface area (Å²) in [4.78, 5) is 13.2. The lowest BCUT2D eigenvalue weighted by molar-refractivity contribution is -0.137. The minimum Gasteiger partial charge on any atom is -0.493 e. The number of amides is 1. The van der Waals surface area contributed by atoms with Crippen molar-refractivity contribution in [3.63, 3.8) is 0 Å². The highest BCUT2D eigenvalue weighted by Crippen LogP contribution is 2.33. The van der Waals surface area contributed by atoms with Crippen LogP contribution in [0, 0.1) is 0 Å². The van der Waals surface area contributed by atoms with Crippen LogP contribution in [0.25, 0.3) is 0 Å². The quantitative estimate of drug-likeness (QED) is 0.286. The van der Waals surface area contributed by atoms with Crippen molar-refractivity contribution in [2.75, 3.05) is 34.5 Å². The van der Waals surface area contributed by atoms with Crippen molar-refractivity contribution in [2.45, 2.75) is 31.1 Å². The highest BCUT2D eigenvalue weighted by Gasteiger charge is 2.30. The number of hydrogen-bond donors (Lipinski definition) is 2. The van der Waals surface area contributed by atoms with Crippen molar-refractivity contribution in [1.29, 1.82) is 0 Å². The van der Waals surface area contributed by atoms with E-state index in [1.807, 2.05) is 42.5 Å². The zero-order valence-corrected chi connectivity index (χ0v) is 21.7. The lowest BCUT2D eigenvalue weighted by atomic mass is 9.95. The maximum atomic E-state index is 13.2. The summed E-state index contributed by atoms with van der Waals surface area (Å²) in [5.74, 6) is 0.884. The van der Waals surface area contributed by atoms with Crippen molar-refractivity contribution < 1.29 is 32.2 Å². The summed E-state index contributed by atoms with van der Waals surface area (Å²) >= 11 is 0. The number of ether oxygens (including phenoxy) is 3. The summed E-state index contributed by atoms with van der Waals surface area (Å²) in [6.45, 7) is 0.729. The minimum absolute atomic E-state index is 0.215. The first-order valence-electron chi connectivity index (χ1n) is 12.2. The molecule has 2 atom stereocenters. The molecule has 3 aromatic rings. The molecule has 3 rings (SSSR count). The summed E-state index contributed by atoms with van der Waals surface area (Å²) in [6, 6.07) is 19.0. The number of aryl methyl sites for hydroxylation is 1. The third-order valence-electron chi connectivity index (χ3n) is 6.18. The molecule has 0 spiro atoms. The Kier molecular flexibility index (Phi) is 10.6. The van der Waals surface area contributed by atoms with Gasteiger partial charge in [-0.3, -0.25) is 10.1 Å². The first kappa shape index (κ1) is 29.0. The van der Waals surface area contributed by atoms with Gasteiger partial charge in [0.05, 0.1) is 26.4 Å². The Balaban J connectivity index is 1.91. The number of rotatable bonds is 13. The van der Waals surface area contributed by atoms with Crippen molar-refractivity contribution in [1.82, 2.24) is 10.6 Å². The van der Waals surface area contributed by atoms with Gasteiger partial charge in [-0.1, -0.05) is 48.5 Å². The second kappa shape index (κ2) is 13.8. The fraction of sp³-hybridized carbons (Fsp3) is 0.345. The van der Waals surface area contributed by atoms with Crippen LogP contribution in [-0.2, 0) is 22.1 Å². The van der Waals surface area contributed by atoms with E-state index in [2.05, 4.69) is 10.6 Å². The summed E-state index contributed by atoms with van der Waals surface area (Å²) in [6.07, 6.45) is -3.40. The van der Waals surface area contributed by atoms with Crippen molar-refractivity contribution in [3.8, 4) is 11.5 Å². The van der Waals surface area contributed by atoms with Gasteiger partial charge < -0.3 is 19.5 Å². The van der Waals surface area contributed by atoms with Gasteiger partial charge in [0.2, 0.25) is 5.91 Å². The standard InChI is InChI=1S/C29H33F3N2O4/c1-36-18-17-33-28(35)27(21-7-5-4-6-8-21)34-24(22-12-16-25(37-2)26(19-22)38-3)15-11-20-9-13-23(14-10-20)29(30,31)32/h4-10,12-14,16,19,24,27,34H,11,15,17-18H2,1-3H3,(H,33,35)/t24?,27-/m1/s1. The number of methoxy groups -OCH3 is 3. The summed E-state index contributed by atoms with van der Waals surface area (Å²) in [5.41, 5.74) is 1.70. The monoisotopic (exact) mass is 530 g/mol. The molecular formula is C29H33F3N2O4. The largest absolute Gasteiger partial charge is 0.493 e. The number of carbonyl (C=O) groups excluding carboxylic acids is 1. The van der Waals surface area contributed by atoms with E-state index in [-0.39, 0.29) is 11.9 Å². The topological polar surface area (TPSA) is 68.8 Å². The molecule has 0 aromatic heterocycles. The predicted octanol–water partition coefficient (Wildman–Crippen LogP) is 5.49. The van der Waals surface area contributed by atoms with Crippen molar-refractivity contribution in [2.24, 2.45) is 0 Å². The zero-order chi connectivity index (χ0) is 27.5. The van der Waals surface area contributed by atoms with Crippen LogP contribution in [0.15, 0.2) is 72.8 Å². The number of benzene rings is 3. The maximum Gasteiger partial charge on any atom is 0.416 e. The molecule has 38 heavy (non-hydrogen) atoms. The Morgan fingerprint density at radius 3 is 2.16 bits per heavy atom. The van der Waals surface area contributed by atoms with Crippen LogP contribution in [0.3, 0.4) is 0 Å². The lowest BCUT2D eigenvalue weighted by Gasteiger charge is -2.27. The van der Waals surface area contributed by atoms with Crippen LogP contribution in [0.1, 0.15) is 40.8 Å². The molecule has 0 aliphatic carbocycles. The second-order valence-electron chi connectivity index (χ2n) is 8.69. The van der Waals surface area contributed by atoms with Gasteiger partial charge in [-0.25, -0.2) is 0 Å². The van der Waals surface area contributed by atoms with Gasteiger partial charge in [0.15, 0.2) is 11.5 Å². The van der Waals surface area contributed by atoms with E-state index in [9.17, 15) is 18.0 Å². The van der Waals surface area contributed by atoms with Gasteiger partial charge in [0.25, 0.3) is 0 Å². The SMILES string of the molecule is COCCNC(=O)[C@H](NC(CCc1ccc(C(F)(F)F)cc1)c1ccc(OC)c(OC)c1)c1ccccc1. The smallest absolute Gasteiger partial charge is 0.416 e. The first-order chi connectivity index (χ1) is 18.3. The third kappa shape index (κ3) is 7.97. The molecule has 9 heteroatoms. The Hall–Kier alpha value is -3.56. The molecule has 3 aromatic carbocycles. The van der Waals surface area contributed by atoms with E-state index in [1.54, 1.807) is 27.4 Å². The third-order valence-corrected chi connectivity index (χ3v) is 6.18. The average molecular weight is 531 g/mol. The van der Waals surface area contributed by atoms with Gasteiger partial charge in [-0.15, -0.1) is 0 Å². The van der Waals surface area contributed by atoms with Crippen molar-refractivity contribution in [3.05, 3.63) is 95.1 Å². The van der Waals surface area contributed by atoms with Gasteiger partial charge in [-0.2, -0.15) is 13.2 Å². The summed E-state index contributed by atoms with van der Waals surface area (Å²) in [7, 11) is 4.66. The Bertz CT molecular complexity index is 1150. The zero-order valence-electron chi connectivity index (χ0n) is 21.7. The highest BCUT2D eigenvalue weighted by molar-refractivity contribution is 5.83. The van der Waals surface area contributed by atoms with E-state index in [1.165, 1.54) is 12.1 Å². The van der Waals surface area contributed by atoms with Crippen LogP contribution in [0.5, 0.6) is 11.5 Å². The molecule has 0 fully saturated rings. The second-order valence-corrected chi connectivity index (χ2v) is 8.69. The highest BCUT2D eigenvalue weighted by atomic mass is 19.4. The summed E-state index contributed by atoms with van der Waals surface area (Å²) in [5, 5.41) is 6.38. The molecule has 0 bridgehead atoms. The van der Waals surface area contributed by atoms with Crippen LogP contribution in [-0.4, -0.2) is 40.4 Å². The van der Waals surface area contributed by atoms with Gasteiger partial charge >= 0.3 is 6.18 Å². The maximum absolute atomic E-state index is 13.2. The van der Waals surface area contributed by atoms with Crippen LogP contribution < -0.4 is 20.1 Å². The van der Waals surface area contributed by atoms with Gasteiger partial charge in [-0.05, 0) is 53.8 Å². The summed E-state index contributed by atoms with van der Waals surface area (Å²) < 4.78 is 54.9. The molecule has 0 aliphatic rings. The molecule has 204 valence electrons. The predicted molar refractivity (Wildman–Crippen MR) is 139 cm³/mol. The molecule has 1 unspecified atom stereocenters. The van der Waals surface area contributed by atoms with E-state index in [0.717, 1.165) is 28.8 Å². The van der Waals surface area contributed by atoms with Crippen LogP contribution in [0.4, 0.5) is 13.2 Å². The van der Waals surface area contributed by atoms with Gasteiger partial charge in [0, 0.05) is 19.7 Å². The molecule has 2 N–H and O–H groups in total. The average Bonchev–Trinajstić information content (AvgIpc) is 2.93. The number of nitrogens with one attached hydrogen (secondary N) is 2. The Morgan fingerprint density at radius 2 is 1.55 bits per heavy atom. The molecule has 0 saturated carbocycles. The van der Waals surface area contributed by atoms with Crippen LogP contribution >= 0.6 is 0 Å². The van der Waals surface area contributed by atoms with Crippen LogP contribution in [0.2, 0.25) is 0 Å². The van der Waals surface area contributed by atoms with Crippen molar-refractivity contribution >= 4 is 5.91 Å². The fourth-order valence-corrected chi connectivity index (χ4v) is 4.14. The molecule has 0 saturated heterocycles. The molecule has 0 aliphatic heterocycles. The van der Waals surface area contributed by atoms with E-state index in [0.29, 0.717) is 37.5 Å². The molecule has 0 radical (unpaired) electrons. The number of alkyl halides is 3. The Morgan fingerprint density at radius 1 is 0.868 bits per heavy atom. The lowest BCUT2D eigenvalue weighted by Crippen LogP contribution is -2.40. The molecule has 6 nitrogen and oxygen atoms in total. The van der Waals surface area contributed by atoms with E-state index in [4.69, 9.17) is 14.2 Å².